The van der Waals surface area contributed by atoms with Crippen LogP contribution in [0.25, 0.3) is 11.1 Å². The Hall–Kier alpha value is -3.05. The summed E-state index contributed by atoms with van der Waals surface area (Å²) in [6, 6.07) is 25.1. The Labute approximate surface area is 192 Å². The smallest absolute Gasteiger partial charge is 0.308 e. The van der Waals surface area contributed by atoms with Gasteiger partial charge in [-0.15, -0.1) is 11.8 Å². The van der Waals surface area contributed by atoms with Crippen molar-refractivity contribution >= 4 is 23.5 Å². The molecule has 1 saturated carbocycles. The molecule has 1 N–H and O–H groups in total. The molecule has 0 amide bonds. The second-order valence-corrected chi connectivity index (χ2v) is 9.23. The van der Waals surface area contributed by atoms with E-state index in [1.807, 2.05) is 85.8 Å². The van der Waals surface area contributed by atoms with Gasteiger partial charge < -0.3 is 9.84 Å². The van der Waals surface area contributed by atoms with E-state index in [0.29, 0.717) is 18.6 Å². The van der Waals surface area contributed by atoms with Gasteiger partial charge in [-0.05, 0) is 55.2 Å². The SMILES string of the molecule is CCOc1ccc(-c2ccc(C(=O)C3CCC(Sc4ccccc4)C3C(=O)O)cc2)cc1. The van der Waals surface area contributed by atoms with Gasteiger partial charge in [0.15, 0.2) is 5.78 Å². The minimum absolute atomic E-state index is 0.0770. The molecule has 0 aliphatic heterocycles. The maximum Gasteiger partial charge on any atom is 0.308 e. The third-order valence-corrected chi connectivity index (χ3v) is 7.29. The Morgan fingerprint density at radius 1 is 0.906 bits per heavy atom. The molecular weight excluding hydrogens is 420 g/mol. The Balaban J connectivity index is 1.48. The summed E-state index contributed by atoms with van der Waals surface area (Å²) in [5.41, 5.74) is 2.61. The number of carbonyl (C=O) groups is 2. The van der Waals surface area contributed by atoms with Crippen molar-refractivity contribution in [1.82, 2.24) is 0 Å². The number of hydrogen-bond donors (Lipinski definition) is 1. The van der Waals surface area contributed by atoms with E-state index in [4.69, 9.17) is 4.74 Å². The van der Waals surface area contributed by atoms with Gasteiger partial charge in [0.2, 0.25) is 0 Å². The van der Waals surface area contributed by atoms with Gasteiger partial charge in [-0.3, -0.25) is 9.59 Å². The van der Waals surface area contributed by atoms with Crippen molar-refractivity contribution in [2.24, 2.45) is 11.8 Å². The zero-order valence-corrected chi connectivity index (χ0v) is 18.8. The number of hydrogen-bond acceptors (Lipinski definition) is 4. The predicted octanol–water partition coefficient (Wildman–Crippen LogP) is 6.21. The summed E-state index contributed by atoms with van der Waals surface area (Å²) in [6.45, 7) is 2.57. The van der Waals surface area contributed by atoms with E-state index in [9.17, 15) is 14.7 Å². The van der Waals surface area contributed by atoms with Gasteiger partial charge in [-0.2, -0.15) is 0 Å². The molecule has 4 rings (SSSR count). The Morgan fingerprint density at radius 3 is 2.12 bits per heavy atom. The van der Waals surface area contributed by atoms with Crippen molar-refractivity contribution < 1.29 is 19.4 Å². The van der Waals surface area contributed by atoms with Crippen molar-refractivity contribution in [3.63, 3.8) is 0 Å². The average molecular weight is 447 g/mol. The minimum Gasteiger partial charge on any atom is -0.494 e. The van der Waals surface area contributed by atoms with E-state index in [1.54, 1.807) is 11.8 Å². The zero-order valence-electron chi connectivity index (χ0n) is 17.9. The van der Waals surface area contributed by atoms with E-state index in [1.165, 1.54) is 0 Å². The molecule has 0 saturated heterocycles. The number of rotatable bonds is 8. The number of carboxylic acid groups (broad SMARTS) is 1. The van der Waals surface area contributed by atoms with Crippen LogP contribution < -0.4 is 4.74 Å². The minimum atomic E-state index is -0.889. The second-order valence-electron chi connectivity index (χ2n) is 7.92. The summed E-state index contributed by atoms with van der Waals surface area (Å²) in [5.74, 6) is -1.32. The molecule has 0 radical (unpaired) electrons. The molecular formula is C27H26O4S. The molecule has 1 aliphatic rings. The highest BCUT2D eigenvalue weighted by Crippen LogP contribution is 2.44. The van der Waals surface area contributed by atoms with Crippen molar-refractivity contribution in [2.45, 2.75) is 29.9 Å². The van der Waals surface area contributed by atoms with Crippen molar-refractivity contribution in [3.05, 3.63) is 84.4 Å². The quantitative estimate of drug-likeness (QED) is 0.417. The van der Waals surface area contributed by atoms with Crippen LogP contribution in [0.5, 0.6) is 5.75 Å². The molecule has 4 nitrogen and oxygen atoms in total. The molecule has 32 heavy (non-hydrogen) atoms. The lowest BCUT2D eigenvalue weighted by atomic mass is 9.88. The topological polar surface area (TPSA) is 63.6 Å². The molecule has 0 heterocycles. The molecule has 1 fully saturated rings. The van der Waals surface area contributed by atoms with E-state index < -0.39 is 17.8 Å². The Kier molecular flexibility index (Phi) is 6.96. The first-order valence-corrected chi connectivity index (χ1v) is 11.8. The van der Waals surface area contributed by atoms with Crippen LogP contribution >= 0.6 is 11.8 Å². The highest BCUT2D eigenvalue weighted by molar-refractivity contribution is 8.00. The highest BCUT2D eigenvalue weighted by Gasteiger charge is 2.45. The predicted molar refractivity (Wildman–Crippen MR) is 127 cm³/mol. The summed E-state index contributed by atoms with van der Waals surface area (Å²) in [4.78, 5) is 26.4. The van der Waals surface area contributed by atoms with Crippen LogP contribution in [0.2, 0.25) is 0 Å². The third-order valence-electron chi connectivity index (χ3n) is 5.92. The van der Waals surface area contributed by atoms with Crippen LogP contribution in [0.1, 0.15) is 30.1 Å². The molecule has 0 bridgehead atoms. The van der Waals surface area contributed by atoms with E-state index >= 15 is 0 Å². The normalized spacial score (nSPS) is 20.1. The standard InChI is InChI=1S/C27H26O4S/c1-2-31-21-14-12-19(13-15-21)18-8-10-20(11-9-18)26(28)23-16-17-24(25(23)27(29)30)32-22-6-4-3-5-7-22/h3-15,23-25H,2,16-17H2,1H3,(H,29,30). The lowest BCUT2D eigenvalue weighted by Gasteiger charge is -2.20. The molecule has 3 atom stereocenters. The van der Waals surface area contributed by atoms with Crippen molar-refractivity contribution in [3.8, 4) is 16.9 Å². The van der Waals surface area contributed by atoms with Gasteiger partial charge in [0.1, 0.15) is 5.75 Å². The molecule has 0 spiro atoms. The van der Waals surface area contributed by atoms with Crippen LogP contribution in [-0.2, 0) is 4.79 Å². The average Bonchev–Trinajstić information content (AvgIpc) is 3.24. The lowest BCUT2D eigenvalue weighted by Crippen LogP contribution is -2.30. The maximum absolute atomic E-state index is 13.2. The molecule has 0 aromatic heterocycles. The summed E-state index contributed by atoms with van der Waals surface area (Å²) in [6.07, 6.45) is 1.32. The second kappa shape index (κ2) is 10.0. The number of carboxylic acids is 1. The first-order valence-electron chi connectivity index (χ1n) is 10.9. The summed E-state index contributed by atoms with van der Waals surface area (Å²) in [7, 11) is 0. The number of Topliss-reactive ketones (excluding diaryl/α,β-unsaturated/α-hetero) is 1. The van der Waals surface area contributed by atoms with E-state index in [0.717, 1.165) is 28.2 Å². The monoisotopic (exact) mass is 446 g/mol. The Bertz CT molecular complexity index is 1060. The highest BCUT2D eigenvalue weighted by atomic mass is 32.2. The number of aliphatic carboxylic acids is 1. The van der Waals surface area contributed by atoms with Crippen LogP contribution in [0.3, 0.4) is 0 Å². The largest absolute Gasteiger partial charge is 0.494 e. The first kappa shape index (κ1) is 22.2. The molecule has 3 aromatic rings. The zero-order chi connectivity index (χ0) is 22.5. The van der Waals surface area contributed by atoms with Gasteiger partial charge >= 0.3 is 5.97 Å². The van der Waals surface area contributed by atoms with Gasteiger partial charge in [0.05, 0.1) is 12.5 Å². The first-order chi connectivity index (χ1) is 15.6. The summed E-state index contributed by atoms with van der Waals surface area (Å²) in [5, 5.41) is 9.80. The number of ketones is 1. The van der Waals surface area contributed by atoms with Crippen molar-refractivity contribution in [2.75, 3.05) is 6.61 Å². The van der Waals surface area contributed by atoms with Gasteiger partial charge in [-0.25, -0.2) is 0 Å². The molecule has 3 unspecified atom stereocenters. The molecule has 1 aliphatic carbocycles. The summed E-state index contributed by atoms with van der Waals surface area (Å²) >= 11 is 1.56. The number of benzene rings is 3. The van der Waals surface area contributed by atoms with Gasteiger partial charge in [0, 0.05) is 21.6 Å². The maximum atomic E-state index is 13.2. The molecule has 3 aromatic carbocycles. The van der Waals surface area contributed by atoms with Crippen LogP contribution in [0.4, 0.5) is 0 Å². The fraction of sp³-hybridized carbons (Fsp3) is 0.259. The molecule has 164 valence electrons. The van der Waals surface area contributed by atoms with Crippen LogP contribution in [0.15, 0.2) is 83.8 Å². The summed E-state index contributed by atoms with van der Waals surface area (Å²) < 4.78 is 5.49. The molecule has 5 heteroatoms. The fourth-order valence-electron chi connectivity index (χ4n) is 4.34. The van der Waals surface area contributed by atoms with E-state index in [-0.39, 0.29) is 11.0 Å². The fourth-order valence-corrected chi connectivity index (χ4v) is 5.72. The number of thioether (sulfide) groups is 1. The Morgan fingerprint density at radius 2 is 1.53 bits per heavy atom. The van der Waals surface area contributed by atoms with Crippen molar-refractivity contribution in [1.29, 1.82) is 0 Å². The van der Waals surface area contributed by atoms with E-state index in [2.05, 4.69) is 0 Å². The van der Waals surface area contributed by atoms with Crippen LogP contribution in [0, 0.1) is 11.8 Å². The van der Waals surface area contributed by atoms with Gasteiger partial charge in [0.25, 0.3) is 0 Å². The van der Waals surface area contributed by atoms with Crippen LogP contribution in [-0.4, -0.2) is 28.7 Å². The number of ether oxygens (including phenoxy) is 1. The third kappa shape index (κ3) is 4.89. The lowest BCUT2D eigenvalue weighted by molar-refractivity contribution is -0.142. The van der Waals surface area contributed by atoms with Gasteiger partial charge in [-0.1, -0.05) is 54.6 Å². The number of carbonyl (C=O) groups excluding carboxylic acids is 1.